The van der Waals surface area contributed by atoms with E-state index in [-0.39, 0.29) is 29.4 Å². The van der Waals surface area contributed by atoms with E-state index in [0.29, 0.717) is 24.3 Å². The maximum atomic E-state index is 13.4. The van der Waals surface area contributed by atoms with Gasteiger partial charge in [-0.25, -0.2) is 12.8 Å². The minimum absolute atomic E-state index is 0.142. The van der Waals surface area contributed by atoms with Crippen LogP contribution in [0, 0.1) is 12.7 Å². The number of hydrogen-bond acceptors (Lipinski definition) is 5. The Kier molecular flexibility index (Phi) is 5.85. The average Bonchev–Trinajstić information content (AvgIpc) is 3.20. The molecule has 2 aromatic carbocycles. The Balaban J connectivity index is 1.84. The van der Waals surface area contributed by atoms with Crippen molar-refractivity contribution in [3.05, 3.63) is 53.3 Å². The van der Waals surface area contributed by atoms with Crippen molar-refractivity contribution < 1.29 is 27.1 Å². The Bertz CT molecular complexity index is 988. The molecule has 7 nitrogen and oxygen atoms in total. The molecule has 1 aliphatic rings. The number of ether oxygens (including phenoxy) is 2. The van der Waals surface area contributed by atoms with Crippen LogP contribution in [0.2, 0.25) is 0 Å². The van der Waals surface area contributed by atoms with Gasteiger partial charge in [-0.15, -0.1) is 0 Å². The second-order valence-electron chi connectivity index (χ2n) is 6.47. The smallest absolute Gasteiger partial charge is 0.259 e. The fourth-order valence-electron chi connectivity index (χ4n) is 2.88. The lowest BCUT2D eigenvalue weighted by Crippen LogP contribution is -2.28. The van der Waals surface area contributed by atoms with Gasteiger partial charge in [0, 0.05) is 18.0 Å². The van der Waals surface area contributed by atoms with E-state index in [9.17, 15) is 17.6 Å². The van der Waals surface area contributed by atoms with E-state index in [1.807, 2.05) is 0 Å². The molecule has 0 aliphatic carbocycles. The number of rotatable bonds is 6. The maximum Gasteiger partial charge on any atom is 0.259 e. The predicted molar refractivity (Wildman–Crippen MR) is 104 cm³/mol. The number of carbonyl (C=O) groups excluding carboxylic acids is 1. The topological polar surface area (TPSA) is 93.7 Å². The monoisotopic (exact) mass is 408 g/mol. The van der Waals surface area contributed by atoms with Crippen LogP contribution < -0.4 is 14.8 Å². The number of benzene rings is 2. The minimum atomic E-state index is -3.63. The molecule has 2 N–H and O–H groups in total. The Labute approximate surface area is 162 Å². The van der Waals surface area contributed by atoms with Crippen LogP contribution in [0.1, 0.15) is 22.3 Å². The summed E-state index contributed by atoms with van der Waals surface area (Å²) in [6.07, 6.45) is 0.419. The highest BCUT2D eigenvalue weighted by molar-refractivity contribution is 7.93. The highest BCUT2D eigenvalue weighted by Crippen LogP contribution is 2.26. The van der Waals surface area contributed by atoms with E-state index >= 15 is 0 Å². The van der Waals surface area contributed by atoms with Crippen LogP contribution >= 0.6 is 0 Å². The molecule has 1 aliphatic heterocycles. The molecule has 1 amide bonds. The van der Waals surface area contributed by atoms with E-state index in [4.69, 9.17) is 9.47 Å². The zero-order chi connectivity index (χ0) is 20.3. The van der Waals surface area contributed by atoms with Gasteiger partial charge in [0.1, 0.15) is 16.8 Å². The lowest BCUT2D eigenvalue weighted by atomic mass is 10.1. The summed E-state index contributed by atoms with van der Waals surface area (Å²) in [7, 11) is -2.22. The first-order chi connectivity index (χ1) is 13.3. The SMILES string of the molecule is COc1ccc(NS(=O)(=O)[C@H]2CCOC2)cc1C(=O)Nc1ccc(F)c(C)c1. The second kappa shape index (κ2) is 8.15. The minimum Gasteiger partial charge on any atom is -0.496 e. The van der Waals surface area contributed by atoms with Gasteiger partial charge in [0.2, 0.25) is 10.0 Å². The van der Waals surface area contributed by atoms with E-state index in [1.165, 1.54) is 43.5 Å². The number of sulfonamides is 1. The van der Waals surface area contributed by atoms with Crippen LogP contribution in [0.3, 0.4) is 0 Å². The highest BCUT2D eigenvalue weighted by atomic mass is 32.2. The summed E-state index contributed by atoms with van der Waals surface area (Å²) in [5, 5.41) is 2.03. The highest BCUT2D eigenvalue weighted by Gasteiger charge is 2.30. The molecule has 0 unspecified atom stereocenters. The fraction of sp³-hybridized carbons (Fsp3) is 0.316. The number of aryl methyl sites for hydroxylation is 1. The first-order valence-corrected chi connectivity index (χ1v) is 10.2. The Hall–Kier alpha value is -2.65. The molecule has 1 heterocycles. The summed E-state index contributed by atoms with van der Waals surface area (Å²) in [6, 6.07) is 8.64. The van der Waals surface area contributed by atoms with Gasteiger partial charge < -0.3 is 14.8 Å². The summed E-state index contributed by atoms with van der Waals surface area (Å²) in [5.74, 6) is -0.598. The number of halogens is 1. The third kappa shape index (κ3) is 4.42. The number of nitrogens with one attached hydrogen (secondary N) is 2. The van der Waals surface area contributed by atoms with E-state index in [0.717, 1.165) is 0 Å². The first-order valence-electron chi connectivity index (χ1n) is 8.65. The van der Waals surface area contributed by atoms with Crippen molar-refractivity contribution in [1.29, 1.82) is 0 Å². The van der Waals surface area contributed by atoms with Crippen molar-refractivity contribution in [2.24, 2.45) is 0 Å². The van der Waals surface area contributed by atoms with Crippen LogP contribution in [-0.2, 0) is 14.8 Å². The van der Waals surface area contributed by atoms with E-state index in [2.05, 4.69) is 10.0 Å². The van der Waals surface area contributed by atoms with Crippen LogP contribution in [0.5, 0.6) is 5.75 Å². The number of methoxy groups -OCH3 is 1. The van der Waals surface area contributed by atoms with Crippen LogP contribution in [0.25, 0.3) is 0 Å². The number of carbonyl (C=O) groups is 1. The van der Waals surface area contributed by atoms with Gasteiger partial charge in [-0.05, 0) is 55.3 Å². The Morgan fingerprint density at radius 3 is 2.61 bits per heavy atom. The Morgan fingerprint density at radius 2 is 1.96 bits per heavy atom. The summed E-state index contributed by atoms with van der Waals surface area (Å²) in [4.78, 5) is 12.7. The molecule has 9 heteroatoms. The van der Waals surface area contributed by atoms with Gasteiger partial charge in [-0.1, -0.05) is 0 Å². The molecule has 0 saturated carbocycles. The largest absolute Gasteiger partial charge is 0.496 e. The first kappa shape index (κ1) is 20.1. The zero-order valence-corrected chi connectivity index (χ0v) is 16.3. The van der Waals surface area contributed by atoms with Crippen molar-refractivity contribution in [1.82, 2.24) is 0 Å². The number of amides is 1. The molecular weight excluding hydrogens is 387 g/mol. The normalized spacial score (nSPS) is 16.6. The lowest BCUT2D eigenvalue weighted by molar-refractivity contribution is 0.102. The van der Waals surface area contributed by atoms with Crippen molar-refractivity contribution in [3.8, 4) is 5.75 Å². The van der Waals surface area contributed by atoms with Gasteiger partial charge in [0.05, 0.1) is 19.3 Å². The van der Waals surface area contributed by atoms with Crippen LogP contribution in [0.15, 0.2) is 36.4 Å². The zero-order valence-electron chi connectivity index (χ0n) is 15.5. The van der Waals surface area contributed by atoms with Gasteiger partial charge in [-0.3, -0.25) is 9.52 Å². The molecule has 0 bridgehead atoms. The van der Waals surface area contributed by atoms with Crippen molar-refractivity contribution >= 4 is 27.3 Å². The molecule has 150 valence electrons. The molecule has 1 fully saturated rings. The summed E-state index contributed by atoms with van der Waals surface area (Å²) in [5.41, 5.74) is 1.20. The van der Waals surface area contributed by atoms with Crippen LogP contribution in [0.4, 0.5) is 15.8 Å². The molecule has 0 spiro atoms. The van der Waals surface area contributed by atoms with Crippen LogP contribution in [-0.4, -0.2) is 39.9 Å². The molecular formula is C19H21FN2O5S. The molecule has 3 rings (SSSR count). The maximum absolute atomic E-state index is 13.4. The van der Waals surface area contributed by atoms with Crippen molar-refractivity contribution in [2.45, 2.75) is 18.6 Å². The average molecular weight is 408 g/mol. The molecule has 28 heavy (non-hydrogen) atoms. The van der Waals surface area contributed by atoms with Gasteiger partial charge >= 0.3 is 0 Å². The molecule has 0 radical (unpaired) electrons. The lowest BCUT2D eigenvalue weighted by Gasteiger charge is -2.15. The van der Waals surface area contributed by atoms with Gasteiger partial charge in [-0.2, -0.15) is 0 Å². The van der Waals surface area contributed by atoms with Gasteiger partial charge in [0.25, 0.3) is 5.91 Å². The Morgan fingerprint density at radius 1 is 1.21 bits per heavy atom. The van der Waals surface area contributed by atoms with E-state index in [1.54, 1.807) is 6.92 Å². The fourth-order valence-corrected chi connectivity index (χ4v) is 4.18. The molecule has 1 saturated heterocycles. The van der Waals surface area contributed by atoms with Crippen molar-refractivity contribution in [3.63, 3.8) is 0 Å². The summed E-state index contributed by atoms with van der Waals surface area (Å²) >= 11 is 0. The van der Waals surface area contributed by atoms with Gasteiger partial charge in [0.15, 0.2) is 0 Å². The number of anilines is 2. The third-order valence-corrected chi connectivity index (χ3v) is 6.22. The molecule has 1 atom stereocenters. The second-order valence-corrected chi connectivity index (χ2v) is 8.43. The molecule has 2 aromatic rings. The summed E-state index contributed by atoms with van der Waals surface area (Å²) < 4.78 is 51.1. The van der Waals surface area contributed by atoms with Crippen molar-refractivity contribution in [2.75, 3.05) is 30.4 Å². The quantitative estimate of drug-likeness (QED) is 0.767. The third-order valence-electron chi connectivity index (χ3n) is 4.45. The predicted octanol–water partition coefficient (Wildman–Crippen LogP) is 2.93. The number of hydrogen-bond donors (Lipinski definition) is 2. The summed E-state index contributed by atoms with van der Waals surface area (Å²) in [6.45, 7) is 2.13. The molecule has 0 aromatic heterocycles. The van der Waals surface area contributed by atoms with E-state index < -0.39 is 21.2 Å². The standard InChI is InChI=1S/C19H21FN2O5S/c1-12-9-13(3-5-17(12)20)21-19(23)16-10-14(4-6-18(16)26-2)22-28(24,25)15-7-8-27-11-15/h3-6,9-10,15,22H,7-8,11H2,1-2H3,(H,21,23)/t15-/m0/s1.